The molecule has 3 fully saturated rings. The third-order valence-electron chi connectivity index (χ3n) is 8.11. The lowest BCUT2D eigenvalue weighted by Gasteiger charge is -2.40. The van der Waals surface area contributed by atoms with Crippen LogP contribution in [0.5, 0.6) is 0 Å². The molecule has 0 spiro atoms. The number of aromatic nitrogens is 3. The van der Waals surface area contributed by atoms with Gasteiger partial charge in [-0.1, -0.05) is 0 Å². The summed E-state index contributed by atoms with van der Waals surface area (Å²) in [5, 5.41) is 7.44. The van der Waals surface area contributed by atoms with Crippen LogP contribution in [0.4, 0.5) is 11.6 Å². The zero-order valence-corrected chi connectivity index (χ0v) is 23.5. The number of nitrogens with zero attached hydrogens (tertiary/aromatic N) is 5. The van der Waals surface area contributed by atoms with E-state index in [1.807, 2.05) is 24.4 Å². The SMILES string of the molecule is CN1CCC[C@@H]1c1cc2cnc(NC(=O)c3ccc(N4CCC(N5CCNCC5)CC4)nc3)cc2[nH]1.Cl.Cl. The second-order valence-electron chi connectivity index (χ2n) is 10.4. The maximum atomic E-state index is 12.9. The molecular weight excluding hydrogens is 523 g/mol. The minimum Gasteiger partial charge on any atom is -0.357 e. The molecule has 3 aliphatic heterocycles. The van der Waals surface area contributed by atoms with Crippen molar-refractivity contribution >= 4 is 53.3 Å². The molecule has 1 amide bonds. The lowest BCUT2D eigenvalue weighted by Crippen LogP contribution is -2.52. The largest absolute Gasteiger partial charge is 0.357 e. The number of anilines is 2. The predicted octanol–water partition coefficient (Wildman–Crippen LogP) is 3.69. The topological polar surface area (TPSA) is 92.4 Å². The van der Waals surface area contributed by atoms with Crippen LogP contribution in [0.25, 0.3) is 10.9 Å². The number of piperazine rings is 1. The van der Waals surface area contributed by atoms with Crippen molar-refractivity contribution in [2.24, 2.45) is 0 Å². The van der Waals surface area contributed by atoms with Crippen LogP contribution in [0.2, 0.25) is 0 Å². The Bertz CT molecular complexity index is 1210. The molecule has 0 aromatic carbocycles. The molecular formula is C27H38Cl2N8O. The Hall–Kier alpha value is -2.43. The number of pyridine rings is 2. The second-order valence-corrected chi connectivity index (χ2v) is 10.4. The minimum atomic E-state index is -0.194. The number of halogens is 2. The number of nitrogens with one attached hydrogen (secondary N) is 3. The van der Waals surface area contributed by atoms with E-state index in [0.29, 0.717) is 23.5 Å². The van der Waals surface area contributed by atoms with Gasteiger partial charge in [0.1, 0.15) is 11.6 Å². The molecule has 0 saturated carbocycles. The van der Waals surface area contributed by atoms with Gasteiger partial charge in [-0.3, -0.25) is 14.6 Å². The van der Waals surface area contributed by atoms with Gasteiger partial charge in [0.25, 0.3) is 5.91 Å². The summed E-state index contributed by atoms with van der Waals surface area (Å²) in [6.45, 7) is 7.63. The standard InChI is InChI=1S/C27H36N8O.2ClH/c1-33-10-2-3-24(33)23-15-20-18-29-25(16-22(20)31-23)32-27(36)19-4-5-26(30-17-19)35-11-6-21(7-12-35)34-13-8-28-9-14-34;;/h4-5,15-18,21,24,28,31H,2-3,6-14H2,1H3,(H,29,32,36);2*1H/t24-;;/m1../s1. The van der Waals surface area contributed by atoms with E-state index in [9.17, 15) is 4.79 Å². The van der Waals surface area contributed by atoms with Gasteiger partial charge in [-0.2, -0.15) is 0 Å². The number of rotatable bonds is 5. The highest BCUT2D eigenvalue weighted by atomic mass is 35.5. The summed E-state index contributed by atoms with van der Waals surface area (Å²) in [6, 6.07) is 9.01. The molecule has 3 N–H and O–H groups in total. The molecule has 0 unspecified atom stereocenters. The first-order valence-corrected chi connectivity index (χ1v) is 13.3. The Morgan fingerprint density at radius 3 is 2.45 bits per heavy atom. The van der Waals surface area contributed by atoms with Gasteiger partial charge in [0, 0.05) is 80.9 Å². The normalized spacial score (nSPS) is 21.2. The van der Waals surface area contributed by atoms with Crippen LogP contribution in [-0.4, -0.2) is 89.6 Å². The highest BCUT2D eigenvalue weighted by Crippen LogP contribution is 2.32. The van der Waals surface area contributed by atoms with Crippen molar-refractivity contribution in [1.29, 1.82) is 0 Å². The molecule has 206 valence electrons. The lowest BCUT2D eigenvalue weighted by molar-refractivity contribution is 0.102. The minimum absolute atomic E-state index is 0. The Balaban J connectivity index is 0.00000168. The smallest absolute Gasteiger partial charge is 0.258 e. The fourth-order valence-electron chi connectivity index (χ4n) is 6.00. The molecule has 3 aromatic heterocycles. The van der Waals surface area contributed by atoms with Crippen molar-refractivity contribution in [3.05, 3.63) is 47.9 Å². The zero-order valence-electron chi connectivity index (χ0n) is 21.9. The highest BCUT2D eigenvalue weighted by Gasteiger charge is 2.26. The summed E-state index contributed by atoms with van der Waals surface area (Å²) in [7, 11) is 2.17. The van der Waals surface area contributed by atoms with Gasteiger partial charge >= 0.3 is 0 Å². The zero-order chi connectivity index (χ0) is 24.5. The lowest BCUT2D eigenvalue weighted by atomic mass is 10.0. The van der Waals surface area contributed by atoms with E-state index in [2.05, 4.69) is 53.4 Å². The van der Waals surface area contributed by atoms with E-state index in [4.69, 9.17) is 0 Å². The Morgan fingerprint density at radius 1 is 0.974 bits per heavy atom. The fourth-order valence-corrected chi connectivity index (χ4v) is 6.00. The van der Waals surface area contributed by atoms with Crippen molar-refractivity contribution in [1.82, 2.24) is 30.1 Å². The molecule has 3 aliphatic rings. The first-order chi connectivity index (χ1) is 17.6. The second kappa shape index (κ2) is 12.6. The molecule has 3 aromatic rings. The number of fused-ring (bicyclic) bond motifs is 1. The summed E-state index contributed by atoms with van der Waals surface area (Å²) in [6.07, 6.45) is 8.21. The van der Waals surface area contributed by atoms with E-state index in [1.54, 1.807) is 6.20 Å². The Morgan fingerprint density at radius 2 is 1.76 bits per heavy atom. The van der Waals surface area contributed by atoms with Gasteiger partial charge in [-0.05, 0) is 57.5 Å². The molecule has 6 rings (SSSR count). The molecule has 0 bridgehead atoms. The van der Waals surface area contributed by atoms with Gasteiger partial charge in [0.2, 0.25) is 0 Å². The number of hydrogen-bond donors (Lipinski definition) is 3. The fraction of sp³-hybridized carbons (Fsp3) is 0.519. The molecule has 11 heteroatoms. The summed E-state index contributed by atoms with van der Waals surface area (Å²) in [4.78, 5) is 32.8. The number of H-pyrrole nitrogens is 1. The van der Waals surface area contributed by atoms with Crippen LogP contribution >= 0.6 is 24.8 Å². The molecule has 9 nitrogen and oxygen atoms in total. The van der Waals surface area contributed by atoms with Crippen LogP contribution in [0.1, 0.15) is 47.8 Å². The van der Waals surface area contributed by atoms with E-state index in [0.717, 1.165) is 81.8 Å². The van der Waals surface area contributed by atoms with Crippen molar-refractivity contribution in [3.63, 3.8) is 0 Å². The Kier molecular flexibility index (Phi) is 9.49. The van der Waals surface area contributed by atoms with E-state index < -0.39 is 0 Å². The van der Waals surface area contributed by atoms with Crippen LogP contribution in [0.15, 0.2) is 36.7 Å². The van der Waals surface area contributed by atoms with Gasteiger partial charge in [0.15, 0.2) is 0 Å². The summed E-state index contributed by atoms with van der Waals surface area (Å²) in [5.74, 6) is 1.29. The number of piperidine rings is 1. The monoisotopic (exact) mass is 560 g/mol. The first kappa shape index (κ1) is 28.6. The third-order valence-corrected chi connectivity index (χ3v) is 8.11. The number of carbonyl (C=O) groups is 1. The van der Waals surface area contributed by atoms with E-state index in [1.165, 1.54) is 12.1 Å². The van der Waals surface area contributed by atoms with Gasteiger partial charge in [-0.15, -0.1) is 24.8 Å². The number of aromatic amines is 1. The number of likely N-dealkylation sites (tertiary alicyclic amines) is 1. The average Bonchev–Trinajstić information content (AvgIpc) is 3.54. The highest BCUT2D eigenvalue weighted by molar-refractivity contribution is 6.04. The third kappa shape index (κ3) is 6.07. The van der Waals surface area contributed by atoms with Crippen molar-refractivity contribution in [2.75, 3.05) is 63.1 Å². The molecule has 6 heterocycles. The van der Waals surface area contributed by atoms with Crippen LogP contribution in [0.3, 0.4) is 0 Å². The van der Waals surface area contributed by atoms with Crippen LogP contribution in [0, 0.1) is 0 Å². The van der Waals surface area contributed by atoms with Gasteiger partial charge < -0.3 is 20.5 Å². The molecule has 0 aliphatic carbocycles. The summed E-state index contributed by atoms with van der Waals surface area (Å²) >= 11 is 0. The van der Waals surface area contributed by atoms with Crippen molar-refractivity contribution in [3.8, 4) is 0 Å². The number of amides is 1. The van der Waals surface area contributed by atoms with Gasteiger partial charge in [0.05, 0.1) is 11.1 Å². The molecule has 38 heavy (non-hydrogen) atoms. The maximum Gasteiger partial charge on any atom is 0.258 e. The molecule has 0 radical (unpaired) electrons. The first-order valence-electron chi connectivity index (χ1n) is 13.3. The average molecular weight is 562 g/mol. The van der Waals surface area contributed by atoms with Crippen molar-refractivity contribution < 1.29 is 4.79 Å². The molecule has 3 saturated heterocycles. The van der Waals surface area contributed by atoms with Crippen molar-refractivity contribution in [2.45, 2.75) is 37.8 Å². The molecule has 1 atom stereocenters. The van der Waals surface area contributed by atoms with Crippen LogP contribution < -0.4 is 15.5 Å². The van der Waals surface area contributed by atoms with Gasteiger partial charge in [-0.25, -0.2) is 9.97 Å². The predicted molar refractivity (Wildman–Crippen MR) is 157 cm³/mol. The van der Waals surface area contributed by atoms with E-state index in [-0.39, 0.29) is 30.7 Å². The Labute approximate surface area is 236 Å². The quantitative estimate of drug-likeness (QED) is 0.438. The van der Waals surface area contributed by atoms with Crippen LogP contribution in [-0.2, 0) is 0 Å². The number of carbonyl (C=O) groups excluding carboxylic acids is 1. The number of hydrogen-bond acceptors (Lipinski definition) is 7. The summed E-state index contributed by atoms with van der Waals surface area (Å²) < 4.78 is 0. The maximum absolute atomic E-state index is 12.9. The summed E-state index contributed by atoms with van der Waals surface area (Å²) in [5.41, 5.74) is 2.75. The van der Waals surface area contributed by atoms with E-state index >= 15 is 0 Å².